The highest BCUT2D eigenvalue weighted by molar-refractivity contribution is 7.89. The summed E-state index contributed by atoms with van der Waals surface area (Å²) < 4.78 is 37.3. The Bertz CT molecular complexity index is 946. The standard InChI is InChI=1S/C18H18N2O5S/c1-13(17-5-3-11-25-17)20-18(21)14-6-8-16(9-7-14)26(22,23)19-12-15-4-2-10-24-15/h2-11,13,19H,12H2,1H3,(H,20,21). The average Bonchev–Trinajstić information content (AvgIpc) is 3.34. The van der Waals surface area contributed by atoms with Crippen molar-refractivity contribution in [3.8, 4) is 0 Å². The SMILES string of the molecule is CC(NC(=O)c1ccc(S(=O)(=O)NCc2ccco2)cc1)c1ccco1. The molecule has 0 aliphatic carbocycles. The first kappa shape index (κ1) is 18.0. The van der Waals surface area contributed by atoms with E-state index < -0.39 is 10.0 Å². The molecule has 1 aromatic carbocycles. The summed E-state index contributed by atoms with van der Waals surface area (Å²) in [6.45, 7) is 1.85. The van der Waals surface area contributed by atoms with Crippen molar-refractivity contribution in [2.24, 2.45) is 0 Å². The summed E-state index contributed by atoms with van der Waals surface area (Å²) >= 11 is 0. The van der Waals surface area contributed by atoms with Crippen LogP contribution in [0.15, 0.2) is 74.8 Å². The molecule has 0 bridgehead atoms. The van der Waals surface area contributed by atoms with E-state index in [4.69, 9.17) is 8.83 Å². The number of hydrogen-bond acceptors (Lipinski definition) is 5. The molecule has 26 heavy (non-hydrogen) atoms. The fourth-order valence-corrected chi connectivity index (χ4v) is 3.33. The first-order chi connectivity index (χ1) is 12.5. The normalized spacial score (nSPS) is 12.7. The molecule has 7 nitrogen and oxygen atoms in total. The molecule has 3 rings (SSSR count). The number of rotatable bonds is 7. The number of nitrogens with one attached hydrogen (secondary N) is 2. The summed E-state index contributed by atoms with van der Waals surface area (Å²) in [5.74, 6) is 0.831. The van der Waals surface area contributed by atoms with Crippen LogP contribution in [-0.4, -0.2) is 14.3 Å². The van der Waals surface area contributed by atoms with Crippen LogP contribution in [0.1, 0.15) is 34.8 Å². The summed E-state index contributed by atoms with van der Waals surface area (Å²) in [6.07, 6.45) is 3.01. The maximum atomic E-state index is 12.3. The minimum atomic E-state index is -3.69. The second-order valence-electron chi connectivity index (χ2n) is 5.64. The van der Waals surface area contributed by atoms with E-state index in [2.05, 4.69) is 10.0 Å². The van der Waals surface area contributed by atoms with Crippen LogP contribution in [0.2, 0.25) is 0 Å². The minimum absolute atomic E-state index is 0.0538. The van der Waals surface area contributed by atoms with E-state index in [9.17, 15) is 13.2 Å². The molecule has 0 radical (unpaired) electrons. The predicted octanol–water partition coefficient (Wildman–Crippen LogP) is 2.84. The Kier molecular flexibility index (Phi) is 5.24. The highest BCUT2D eigenvalue weighted by Gasteiger charge is 2.17. The molecule has 2 N–H and O–H groups in total. The molecule has 3 aromatic rings. The molecule has 136 valence electrons. The van der Waals surface area contributed by atoms with Gasteiger partial charge in [-0.1, -0.05) is 0 Å². The number of benzene rings is 1. The van der Waals surface area contributed by atoms with Crippen LogP contribution in [0.4, 0.5) is 0 Å². The van der Waals surface area contributed by atoms with Gasteiger partial charge in [-0.15, -0.1) is 0 Å². The molecule has 0 fully saturated rings. The number of sulfonamides is 1. The van der Waals surface area contributed by atoms with Crippen molar-refractivity contribution in [3.05, 3.63) is 78.1 Å². The smallest absolute Gasteiger partial charge is 0.251 e. The molecule has 2 heterocycles. The minimum Gasteiger partial charge on any atom is -0.468 e. The van der Waals surface area contributed by atoms with Crippen LogP contribution in [0, 0.1) is 0 Å². The summed E-state index contributed by atoms with van der Waals surface area (Å²) in [6, 6.07) is 12.3. The zero-order chi connectivity index (χ0) is 18.6. The first-order valence-electron chi connectivity index (χ1n) is 7.92. The summed E-state index contributed by atoms with van der Waals surface area (Å²) in [5, 5.41) is 2.79. The lowest BCUT2D eigenvalue weighted by atomic mass is 10.2. The van der Waals surface area contributed by atoms with Crippen LogP contribution in [0.25, 0.3) is 0 Å². The van der Waals surface area contributed by atoms with Gasteiger partial charge in [0.2, 0.25) is 10.0 Å². The van der Waals surface area contributed by atoms with E-state index in [0.29, 0.717) is 17.1 Å². The van der Waals surface area contributed by atoms with E-state index in [1.807, 2.05) is 0 Å². The number of carbonyl (C=O) groups excluding carboxylic acids is 1. The largest absolute Gasteiger partial charge is 0.468 e. The van der Waals surface area contributed by atoms with Gasteiger partial charge in [-0.2, -0.15) is 0 Å². The van der Waals surface area contributed by atoms with Crippen molar-refractivity contribution in [1.29, 1.82) is 0 Å². The Morgan fingerprint density at radius 2 is 1.73 bits per heavy atom. The Morgan fingerprint density at radius 3 is 2.35 bits per heavy atom. The van der Waals surface area contributed by atoms with Gasteiger partial charge in [0.25, 0.3) is 5.91 Å². The van der Waals surface area contributed by atoms with E-state index in [1.54, 1.807) is 31.2 Å². The van der Waals surface area contributed by atoms with Gasteiger partial charge in [0.15, 0.2) is 0 Å². The summed E-state index contributed by atoms with van der Waals surface area (Å²) in [7, 11) is -3.69. The predicted molar refractivity (Wildman–Crippen MR) is 93.8 cm³/mol. The van der Waals surface area contributed by atoms with Gasteiger partial charge >= 0.3 is 0 Å². The number of furan rings is 2. The second-order valence-corrected chi connectivity index (χ2v) is 7.41. The van der Waals surface area contributed by atoms with Gasteiger partial charge in [0.1, 0.15) is 11.5 Å². The van der Waals surface area contributed by atoms with E-state index >= 15 is 0 Å². The third kappa shape index (κ3) is 4.22. The zero-order valence-electron chi connectivity index (χ0n) is 14.0. The molecule has 2 aromatic heterocycles. The van der Waals surface area contributed by atoms with Crippen LogP contribution in [-0.2, 0) is 16.6 Å². The molecule has 0 saturated heterocycles. The van der Waals surface area contributed by atoms with Crippen molar-refractivity contribution in [2.75, 3.05) is 0 Å². The van der Waals surface area contributed by atoms with Crippen LogP contribution < -0.4 is 10.0 Å². The van der Waals surface area contributed by atoms with Gasteiger partial charge < -0.3 is 14.2 Å². The van der Waals surface area contributed by atoms with Crippen LogP contribution in [0.5, 0.6) is 0 Å². The lowest BCUT2D eigenvalue weighted by Gasteiger charge is -2.12. The molecule has 1 unspecified atom stereocenters. The van der Waals surface area contributed by atoms with Crippen molar-refractivity contribution in [3.63, 3.8) is 0 Å². The Balaban J connectivity index is 1.64. The first-order valence-corrected chi connectivity index (χ1v) is 9.40. The van der Waals surface area contributed by atoms with Crippen LogP contribution >= 0.6 is 0 Å². The van der Waals surface area contributed by atoms with Gasteiger partial charge in [-0.3, -0.25) is 4.79 Å². The van der Waals surface area contributed by atoms with E-state index in [-0.39, 0.29) is 23.4 Å². The molecular weight excluding hydrogens is 356 g/mol. The fourth-order valence-electron chi connectivity index (χ4n) is 2.34. The van der Waals surface area contributed by atoms with E-state index in [0.717, 1.165) is 0 Å². The average molecular weight is 374 g/mol. The van der Waals surface area contributed by atoms with Gasteiger partial charge in [-0.05, 0) is 55.5 Å². The van der Waals surface area contributed by atoms with Crippen molar-refractivity contribution >= 4 is 15.9 Å². The summed E-state index contributed by atoms with van der Waals surface area (Å²) in [4.78, 5) is 12.3. The highest BCUT2D eigenvalue weighted by Crippen LogP contribution is 2.15. The molecule has 0 spiro atoms. The lowest BCUT2D eigenvalue weighted by molar-refractivity contribution is 0.0935. The number of hydrogen-bond donors (Lipinski definition) is 2. The highest BCUT2D eigenvalue weighted by atomic mass is 32.2. The third-order valence-corrected chi connectivity index (χ3v) is 5.18. The maximum Gasteiger partial charge on any atom is 0.251 e. The van der Waals surface area contributed by atoms with E-state index in [1.165, 1.54) is 36.8 Å². The second kappa shape index (κ2) is 7.59. The fraction of sp³-hybridized carbons (Fsp3) is 0.167. The molecule has 8 heteroatoms. The maximum absolute atomic E-state index is 12.3. The Labute approximate surface area is 151 Å². The van der Waals surface area contributed by atoms with Crippen LogP contribution in [0.3, 0.4) is 0 Å². The number of amides is 1. The molecule has 1 amide bonds. The number of carbonyl (C=O) groups is 1. The quantitative estimate of drug-likeness (QED) is 0.662. The van der Waals surface area contributed by atoms with Crippen molar-refractivity contribution in [2.45, 2.75) is 24.4 Å². The monoisotopic (exact) mass is 374 g/mol. The molecular formula is C18H18N2O5S. The van der Waals surface area contributed by atoms with Crippen molar-refractivity contribution in [1.82, 2.24) is 10.0 Å². The zero-order valence-corrected chi connectivity index (χ0v) is 14.8. The van der Waals surface area contributed by atoms with Crippen molar-refractivity contribution < 1.29 is 22.0 Å². The summed E-state index contributed by atoms with van der Waals surface area (Å²) in [5.41, 5.74) is 0.355. The molecule has 0 aliphatic rings. The van der Waals surface area contributed by atoms with Gasteiger partial charge in [0.05, 0.1) is 30.0 Å². The Hall–Kier alpha value is -2.84. The molecule has 0 aliphatic heterocycles. The lowest BCUT2D eigenvalue weighted by Crippen LogP contribution is -2.26. The van der Waals surface area contributed by atoms with Gasteiger partial charge in [-0.25, -0.2) is 13.1 Å². The molecule has 1 atom stereocenters. The van der Waals surface area contributed by atoms with Gasteiger partial charge in [0, 0.05) is 5.56 Å². The Morgan fingerprint density at radius 1 is 1.04 bits per heavy atom. The molecule has 0 saturated carbocycles. The third-order valence-electron chi connectivity index (χ3n) is 3.76. The topological polar surface area (TPSA) is 102 Å².